The van der Waals surface area contributed by atoms with Crippen molar-refractivity contribution in [2.45, 2.75) is 12.8 Å². The zero-order valence-electron chi connectivity index (χ0n) is 11.4. The maximum Gasteiger partial charge on any atom is 0.150 e. The third kappa shape index (κ3) is 3.56. The largest absolute Gasteiger partial charge is 0.396 e. The summed E-state index contributed by atoms with van der Waals surface area (Å²) in [5.41, 5.74) is -0.379. The second kappa shape index (κ2) is 6.20. The van der Waals surface area contributed by atoms with Crippen LogP contribution in [0.3, 0.4) is 0 Å². The van der Waals surface area contributed by atoms with Crippen LogP contribution >= 0.6 is 11.6 Å². The van der Waals surface area contributed by atoms with Gasteiger partial charge >= 0.3 is 0 Å². The van der Waals surface area contributed by atoms with Crippen LogP contribution in [0.2, 0.25) is 5.02 Å². The van der Waals surface area contributed by atoms with Crippen LogP contribution in [-0.4, -0.2) is 43.4 Å². The number of halogens is 2. The molecule has 1 aromatic rings. The Morgan fingerprint density at radius 2 is 2.00 bits per heavy atom. The van der Waals surface area contributed by atoms with Gasteiger partial charge in [-0.25, -0.2) is 12.8 Å². The van der Waals surface area contributed by atoms with Crippen LogP contribution in [-0.2, 0) is 16.3 Å². The smallest absolute Gasteiger partial charge is 0.150 e. The summed E-state index contributed by atoms with van der Waals surface area (Å²) < 4.78 is 36.4. The molecular formula is C14H18ClFO4S. The quantitative estimate of drug-likeness (QED) is 0.853. The van der Waals surface area contributed by atoms with Gasteiger partial charge in [-0.3, -0.25) is 0 Å². The van der Waals surface area contributed by atoms with Crippen molar-refractivity contribution in [1.82, 2.24) is 0 Å². The molecule has 1 saturated heterocycles. The molecule has 2 rings (SSSR count). The van der Waals surface area contributed by atoms with Crippen LogP contribution in [0.1, 0.15) is 12.0 Å². The minimum Gasteiger partial charge on any atom is -0.396 e. The predicted molar refractivity (Wildman–Crippen MR) is 78.5 cm³/mol. The Morgan fingerprint density at radius 3 is 2.48 bits per heavy atom. The fraction of sp³-hybridized carbons (Fsp3) is 0.571. The Labute approximate surface area is 128 Å². The molecule has 0 amide bonds. The number of sulfone groups is 1. The molecule has 1 aliphatic heterocycles. The highest BCUT2D eigenvalue weighted by Crippen LogP contribution is 2.39. The molecule has 2 N–H and O–H groups in total. The van der Waals surface area contributed by atoms with Crippen LogP contribution in [0.15, 0.2) is 18.2 Å². The number of hydrogen-bond donors (Lipinski definition) is 2. The SMILES string of the molecule is O=S1(=O)CCC(C(CO)(CO)Cc2ccc(F)cc2Cl)C1. The topological polar surface area (TPSA) is 74.6 Å². The van der Waals surface area contributed by atoms with Crippen LogP contribution in [0.4, 0.5) is 4.39 Å². The first kappa shape index (κ1) is 16.7. The predicted octanol–water partition coefficient (Wildman–Crippen LogP) is 1.43. The molecule has 0 aromatic heterocycles. The van der Waals surface area contributed by atoms with E-state index in [0.29, 0.717) is 12.0 Å². The van der Waals surface area contributed by atoms with Crippen LogP contribution in [0.25, 0.3) is 0 Å². The summed E-state index contributed by atoms with van der Waals surface area (Å²) in [6, 6.07) is 3.93. The Bertz CT molecular complexity index is 613. The molecule has 0 saturated carbocycles. The van der Waals surface area contributed by atoms with E-state index in [1.54, 1.807) is 0 Å². The highest BCUT2D eigenvalue weighted by molar-refractivity contribution is 7.91. The van der Waals surface area contributed by atoms with Crippen molar-refractivity contribution in [2.75, 3.05) is 24.7 Å². The molecule has 0 radical (unpaired) electrons. The van der Waals surface area contributed by atoms with Gasteiger partial charge in [0, 0.05) is 10.4 Å². The van der Waals surface area contributed by atoms with E-state index in [1.807, 2.05) is 0 Å². The highest BCUT2D eigenvalue weighted by Gasteiger charge is 2.44. The third-order valence-corrected chi connectivity index (χ3v) is 6.41. The first-order valence-electron chi connectivity index (χ1n) is 6.68. The molecule has 7 heteroatoms. The fourth-order valence-electron chi connectivity index (χ4n) is 2.89. The molecule has 1 fully saturated rings. The minimum absolute atomic E-state index is 0.0487. The van der Waals surface area contributed by atoms with E-state index in [-0.39, 0.29) is 42.1 Å². The molecule has 118 valence electrons. The second-order valence-corrected chi connectivity index (χ2v) is 8.33. The van der Waals surface area contributed by atoms with E-state index < -0.39 is 21.1 Å². The molecule has 0 aliphatic carbocycles. The number of rotatable bonds is 5. The van der Waals surface area contributed by atoms with Crippen molar-refractivity contribution in [2.24, 2.45) is 11.3 Å². The van der Waals surface area contributed by atoms with Gasteiger partial charge in [-0.2, -0.15) is 0 Å². The van der Waals surface area contributed by atoms with E-state index >= 15 is 0 Å². The van der Waals surface area contributed by atoms with E-state index in [9.17, 15) is 23.0 Å². The van der Waals surface area contributed by atoms with Crippen molar-refractivity contribution < 1.29 is 23.0 Å². The standard InChI is InChI=1S/C14H18ClFO4S/c15-13-5-12(16)2-1-10(13)6-14(8-17,9-18)11-3-4-21(19,20)7-11/h1-2,5,11,17-18H,3-4,6-9H2. The first-order valence-corrected chi connectivity index (χ1v) is 8.88. The molecule has 1 atom stereocenters. The highest BCUT2D eigenvalue weighted by atomic mass is 35.5. The lowest BCUT2D eigenvalue weighted by atomic mass is 9.72. The number of aliphatic hydroxyl groups is 2. The van der Waals surface area contributed by atoms with Gasteiger partial charge in [0.15, 0.2) is 9.84 Å². The van der Waals surface area contributed by atoms with Crippen molar-refractivity contribution in [3.63, 3.8) is 0 Å². The third-order valence-electron chi connectivity index (χ3n) is 4.29. The number of aliphatic hydroxyl groups excluding tert-OH is 2. The Balaban J connectivity index is 2.30. The Morgan fingerprint density at radius 1 is 1.33 bits per heavy atom. The van der Waals surface area contributed by atoms with Crippen LogP contribution < -0.4 is 0 Å². The van der Waals surface area contributed by atoms with Gasteiger partial charge in [0.05, 0.1) is 24.7 Å². The summed E-state index contributed by atoms with van der Waals surface area (Å²) in [7, 11) is -3.12. The molecule has 1 aromatic carbocycles. The maximum absolute atomic E-state index is 13.1. The van der Waals surface area contributed by atoms with Gasteiger partial charge in [0.25, 0.3) is 0 Å². The Kier molecular flexibility index (Phi) is 4.92. The molecule has 1 heterocycles. The lowest BCUT2D eigenvalue weighted by Gasteiger charge is -2.35. The fourth-order valence-corrected chi connectivity index (χ4v) is 5.06. The van der Waals surface area contributed by atoms with E-state index in [0.717, 1.165) is 0 Å². The first-order chi connectivity index (χ1) is 9.82. The Hall–Kier alpha value is -0.690. The summed E-state index contributed by atoms with van der Waals surface area (Å²) in [5.74, 6) is -0.784. The number of benzene rings is 1. The normalized spacial score (nSPS) is 21.6. The van der Waals surface area contributed by atoms with Gasteiger partial charge in [0.1, 0.15) is 5.82 Å². The van der Waals surface area contributed by atoms with Gasteiger partial charge in [0.2, 0.25) is 0 Å². The van der Waals surface area contributed by atoms with E-state index in [4.69, 9.17) is 11.6 Å². The molecule has 1 unspecified atom stereocenters. The summed E-state index contributed by atoms with van der Waals surface area (Å²) >= 11 is 5.99. The molecule has 0 spiro atoms. The zero-order valence-corrected chi connectivity index (χ0v) is 13.0. The van der Waals surface area contributed by atoms with Crippen LogP contribution in [0.5, 0.6) is 0 Å². The minimum atomic E-state index is -3.12. The summed E-state index contributed by atoms with van der Waals surface area (Å²) in [4.78, 5) is 0. The van der Waals surface area contributed by atoms with Crippen molar-refractivity contribution in [3.8, 4) is 0 Å². The van der Waals surface area contributed by atoms with Crippen LogP contribution in [0, 0.1) is 17.2 Å². The number of hydrogen-bond acceptors (Lipinski definition) is 4. The van der Waals surface area contributed by atoms with Gasteiger partial charge in [-0.05, 0) is 36.5 Å². The molecule has 0 bridgehead atoms. The average molecular weight is 337 g/mol. The van der Waals surface area contributed by atoms with E-state index in [1.165, 1.54) is 18.2 Å². The monoisotopic (exact) mass is 336 g/mol. The van der Waals surface area contributed by atoms with Gasteiger partial charge in [-0.1, -0.05) is 17.7 Å². The van der Waals surface area contributed by atoms with Gasteiger partial charge < -0.3 is 10.2 Å². The average Bonchev–Trinajstić information content (AvgIpc) is 2.79. The molecule has 1 aliphatic rings. The summed E-state index contributed by atoms with van der Waals surface area (Å²) in [5, 5.41) is 19.7. The van der Waals surface area contributed by atoms with Crippen molar-refractivity contribution >= 4 is 21.4 Å². The van der Waals surface area contributed by atoms with E-state index in [2.05, 4.69) is 0 Å². The second-order valence-electron chi connectivity index (χ2n) is 5.69. The molecular weight excluding hydrogens is 319 g/mol. The van der Waals surface area contributed by atoms with Gasteiger partial charge in [-0.15, -0.1) is 0 Å². The molecule has 4 nitrogen and oxygen atoms in total. The van der Waals surface area contributed by atoms with Crippen molar-refractivity contribution in [1.29, 1.82) is 0 Å². The maximum atomic E-state index is 13.1. The van der Waals surface area contributed by atoms with Crippen molar-refractivity contribution in [3.05, 3.63) is 34.6 Å². The molecule has 21 heavy (non-hydrogen) atoms. The zero-order chi connectivity index (χ0) is 15.7. The lowest BCUT2D eigenvalue weighted by Crippen LogP contribution is -2.41. The lowest BCUT2D eigenvalue weighted by molar-refractivity contribution is 0.0124. The summed E-state index contributed by atoms with van der Waals surface area (Å²) in [6.07, 6.45) is 0.613. The summed E-state index contributed by atoms with van der Waals surface area (Å²) in [6.45, 7) is -0.700.